The summed E-state index contributed by atoms with van der Waals surface area (Å²) in [4.78, 5) is 17.0. The molecule has 2 aromatic carbocycles. The Bertz CT molecular complexity index is 913. The lowest BCUT2D eigenvalue weighted by Crippen LogP contribution is -2.14. The maximum absolute atomic E-state index is 12.1. The van der Waals surface area contributed by atoms with Crippen molar-refractivity contribution in [1.82, 2.24) is 4.57 Å². The molecule has 1 amide bonds. The number of methoxy groups -OCH3 is 1. The molecule has 0 fully saturated rings. The summed E-state index contributed by atoms with van der Waals surface area (Å²) in [6.07, 6.45) is 0.243. The van der Waals surface area contributed by atoms with Crippen LogP contribution >= 0.6 is 11.3 Å². The van der Waals surface area contributed by atoms with Gasteiger partial charge in [-0.3, -0.25) is 4.79 Å². The molecule has 0 saturated carbocycles. The number of amides is 1. The van der Waals surface area contributed by atoms with Gasteiger partial charge >= 0.3 is 0 Å². The topological polar surface area (TPSA) is 52.8 Å². The SMILES string of the molecule is COc1ccc2c(c1)sc(=NC(=O)CCOc1ccccc1)n2C. The van der Waals surface area contributed by atoms with Crippen LogP contribution in [0.3, 0.4) is 0 Å². The molecule has 0 aliphatic rings. The van der Waals surface area contributed by atoms with Gasteiger partial charge in [-0.25, -0.2) is 0 Å². The molecule has 0 spiro atoms. The number of aryl methyl sites for hydroxylation is 1. The van der Waals surface area contributed by atoms with Crippen molar-refractivity contribution in [2.45, 2.75) is 6.42 Å². The first-order valence-electron chi connectivity index (χ1n) is 7.56. The van der Waals surface area contributed by atoms with Gasteiger partial charge in [-0.15, -0.1) is 0 Å². The standard InChI is InChI=1S/C18H18N2O3S/c1-20-15-9-8-14(22-2)12-16(15)24-18(20)19-17(21)10-11-23-13-6-4-3-5-7-13/h3-9,12H,10-11H2,1-2H3. The van der Waals surface area contributed by atoms with Crippen molar-refractivity contribution in [3.63, 3.8) is 0 Å². The Labute approximate surface area is 143 Å². The molecule has 1 aromatic heterocycles. The Morgan fingerprint density at radius 3 is 2.71 bits per heavy atom. The van der Waals surface area contributed by atoms with E-state index in [4.69, 9.17) is 9.47 Å². The molecule has 0 aliphatic carbocycles. The first-order chi connectivity index (χ1) is 11.7. The van der Waals surface area contributed by atoms with Crippen LogP contribution in [-0.4, -0.2) is 24.2 Å². The Morgan fingerprint density at radius 2 is 1.96 bits per heavy atom. The van der Waals surface area contributed by atoms with E-state index in [0.717, 1.165) is 21.7 Å². The van der Waals surface area contributed by atoms with Crippen molar-refractivity contribution in [3.05, 3.63) is 53.3 Å². The van der Waals surface area contributed by atoms with Gasteiger partial charge in [-0.05, 0) is 30.3 Å². The molecule has 0 aliphatic heterocycles. The number of nitrogens with zero attached hydrogens (tertiary/aromatic N) is 2. The van der Waals surface area contributed by atoms with E-state index in [2.05, 4.69) is 4.99 Å². The Hall–Kier alpha value is -2.60. The number of benzene rings is 2. The zero-order valence-electron chi connectivity index (χ0n) is 13.6. The van der Waals surface area contributed by atoms with Gasteiger partial charge in [0.1, 0.15) is 11.5 Å². The van der Waals surface area contributed by atoms with Crippen LogP contribution in [0.4, 0.5) is 0 Å². The third-order valence-corrected chi connectivity index (χ3v) is 4.66. The lowest BCUT2D eigenvalue weighted by atomic mass is 10.3. The van der Waals surface area contributed by atoms with Crippen LogP contribution in [0.5, 0.6) is 11.5 Å². The van der Waals surface area contributed by atoms with Crippen molar-refractivity contribution in [2.75, 3.05) is 13.7 Å². The molecule has 0 N–H and O–H groups in total. The smallest absolute Gasteiger partial charge is 0.251 e. The van der Waals surface area contributed by atoms with E-state index >= 15 is 0 Å². The summed E-state index contributed by atoms with van der Waals surface area (Å²) in [6.45, 7) is 0.314. The van der Waals surface area contributed by atoms with Crippen LogP contribution in [0.1, 0.15) is 6.42 Å². The first kappa shape index (κ1) is 16.3. The number of ether oxygens (including phenoxy) is 2. The summed E-state index contributed by atoms with van der Waals surface area (Å²) in [6, 6.07) is 15.2. The van der Waals surface area contributed by atoms with E-state index in [9.17, 15) is 4.79 Å². The summed E-state index contributed by atoms with van der Waals surface area (Å²) in [5, 5.41) is 0. The number of rotatable bonds is 5. The van der Waals surface area contributed by atoms with Gasteiger partial charge in [0, 0.05) is 7.05 Å². The number of carbonyl (C=O) groups is 1. The number of thiazole rings is 1. The molecule has 0 atom stereocenters. The fourth-order valence-electron chi connectivity index (χ4n) is 2.28. The van der Waals surface area contributed by atoms with Crippen molar-refractivity contribution in [2.24, 2.45) is 12.0 Å². The van der Waals surface area contributed by atoms with E-state index in [1.807, 2.05) is 60.1 Å². The number of aromatic nitrogens is 1. The third-order valence-electron chi connectivity index (χ3n) is 3.56. The highest BCUT2D eigenvalue weighted by molar-refractivity contribution is 7.16. The number of para-hydroxylation sites is 1. The second-order valence-corrected chi connectivity index (χ2v) is 6.20. The minimum atomic E-state index is -0.194. The highest BCUT2D eigenvalue weighted by Crippen LogP contribution is 2.22. The summed E-state index contributed by atoms with van der Waals surface area (Å²) in [7, 11) is 3.54. The average molecular weight is 342 g/mol. The molecule has 3 rings (SSSR count). The van der Waals surface area contributed by atoms with E-state index in [1.165, 1.54) is 11.3 Å². The highest BCUT2D eigenvalue weighted by Gasteiger charge is 2.06. The number of carbonyl (C=O) groups excluding carboxylic acids is 1. The minimum absolute atomic E-state index is 0.194. The second-order valence-electron chi connectivity index (χ2n) is 5.19. The number of hydrogen-bond donors (Lipinski definition) is 0. The molecule has 0 unspecified atom stereocenters. The van der Waals surface area contributed by atoms with Gasteiger partial charge in [-0.1, -0.05) is 29.5 Å². The molecule has 0 radical (unpaired) electrons. The van der Waals surface area contributed by atoms with Crippen LogP contribution in [0.2, 0.25) is 0 Å². The van der Waals surface area contributed by atoms with Gasteiger partial charge < -0.3 is 14.0 Å². The van der Waals surface area contributed by atoms with Gasteiger partial charge in [0.15, 0.2) is 4.80 Å². The van der Waals surface area contributed by atoms with Crippen LogP contribution in [0, 0.1) is 0 Å². The Kier molecular flexibility index (Phi) is 4.96. The quantitative estimate of drug-likeness (QED) is 0.716. The first-order valence-corrected chi connectivity index (χ1v) is 8.38. The van der Waals surface area contributed by atoms with Crippen molar-refractivity contribution >= 4 is 27.5 Å². The van der Waals surface area contributed by atoms with Crippen LogP contribution < -0.4 is 14.3 Å². The molecular weight excluding hydrogens is 324 g/mol. The summed E-state index contributed by atoms with van der Waals surface area (Å²) in [5.41, 5.74) is 1.02. The summed E-state index contributed by atoms with van der Waals surface area (Å²) < 4.78 is 13.7. The van der Waals surface area contributed by atoms with Crippen LogP contribution in [0.25, 0.3) is 10.2 Å². The molecule has 0 bridgehead atoms. The Balaban J connectivity index is 1.72. The zero-order valence-corrected chi connectivity index (χ0v) is 14.4. The van der Waals surface area contributed by atoms with Crippen molar-refractivity contribution in [1.29, 1.82) is 0 Å². The Morgan fingerprint density at radius 1 is 1.17 bits per heavy atom. The van der Waals surface area contributed by atoms with Crippen LogP contribution in [0.15, 0.2) is 53.5 Å². The molecular formula is C18H18N2O3S. The number of fused-ring (bicyclic) bond motifs is 1. The lowest BCUT2D eigenvalue weighted by Gasteiger charge is -2.03. The zero-order chi connectivity index (χ0) is 16.9. The predicted molar refractivity (Wildman–Crippen MR) is 94.5 cm³/mol. The van der Waals surface area contributed by atoms with Gasteiger partial charge in [0.2, 0.25) is 0 Å². The van der Waals surface area contributed by atoms with E-state index < -0.39 is 0 Å². The van der Waals surface area contributed by atoms with Gasteiger partial charge in [0.05, 0.1) is 30.4 Å². The third kappa shape index (κ3) is 3.65. The maximum atomic E-state index is 12.1. The lowest BCUT2D eigenvalue weighted by molar-refractivity contribution is -0.118. The van der Waals surface area contributed by atoms with Crippen LogP contribution in [-0.2, 0) is 11.8 Å². The molecule has 24 heavy (non-hydrogen) atoms. The monoisotopic (exact) mass is 342 g/mol. The van der Waals surface area contributed by atoms with E-state index in [0.29, 0.717) is 11.4 Å². The molecule has 1 heterocycles. The second kappa shape index (κ2) is 7.31. The average Bonchev–Trinajstić information content (AvgIpc) is 2.91. The molecule has 5 nitrogen and oxygen atoms in total. The maximum Gasteiger partial charge on any atom is 0.251 e. The number of hydrogen-bond acceptors (Lipinski definition) is 4. The molecule has 0 saturated heterocycles. The summed E-state index contributed by atoms with van der Waals surface area (Å²) >= 11 is 1.47. The largest absolute Gasteiger partial charge is 0.497 e. The normalized spacial score (nSPS) is 11.7. The molecule has 6 heteroatoms. The fourth-order valence-corrected chi connectivity index (χ4v) is 3.35. The van der Waals surface area contributed by atoms with Gasteiger partial charge in [0.25, 0.3) is 5.91 Å². The molecule has 124 valence electrons. The molecule has 3 aromatic rings. The summed E-state index contributed by atoms with van der Waals surface area (Å²) in [5.74, 6) is 1.35. The van der Waals surface area contributed by atoms with E-state index in [1.54, 1.807) is 7.11 Å². The van der Waals surface area contributed by atoms with Crippen molar-refractivity contribution in [3.8, 4) is 11.5 Å². The minimum Gasteiger partial charge on any atom is -0.497 e. The fraction of sp³-hybridized carbons (Fsp3) is 0.222. The van der Waals surface area contributed by atoms with E-state index in [-0.39, 0.29) is 12.3 Å². The highest BCUT2D eigenvalue weighted by atomic mass is 32.1. The van der Waals surface area contributed by atoms with Gasteiger partial charge in [-0.2, -0.15) is 4.99 Å². The van der Waals surface area contributed by atoms with Crippen molar-refractivity contribution < 1.29 is 14.3 Å². The predicted octanol–water partition coefficient (Wildman–Crippen LogP) is 3.14.